The zero-order chi connectivity index (χ0) is 15.7. The number of β-amino-alcohol motifs (C(OH)–C–C–N with tert-alkyl or cyclic N) is 1. The summed E-state index contributed by atoms with van der Waals surface area (Å²) >= 11 is 0. The van der Waals surface area contributed by atoms with E-state index in [1.54, 1.807) is 0 Å². The number of aliphatic hydroxyl groups excluding tert-OH is 1. The van der Waals surface area contributed by atoms with Crippen LogP contribution in [-0.4, -0.2) is 45.8 Å². The van der Waals surface area contributed by atoms with Gasteiger partial charge in [-0.3, -0.25) is 0 Å². The van der Waals surface area contributed by atoms with E-state index >= 15 is 0 Å². The van der Waals surface area contributed by atoms with Gasteiger partial charge in [0.15, 0.2) is 11.6 Å². The van der Waals surface area contributed by atoms with Crippen molar-refractivity contribution in [1.29, 1.82) is 0 Å². The van der Waals surface area contributed by atoms with Crippen LogP contribution in [0.5, 0.6) is 0 Å². The van der Waals surface area contributed by atoms with Gasteiger partial charge >= 0.3 is 12.0 Å². The van der Waals surface area contributed by atoms with Crippen LogP contribution in [0.3, 0.4) is 0 Å². The standard InChI is InChI=1S/C12H11F3N2O4/c13-6-2-8(15)9(3-7(6)14)16-12(21)17-4-5(18)1-10(17)11(19)20/h2-3,5,10,18H,1,4H2,(H,16,21)(H,19,20)/t5-,10-/m1/s1. The lowest BCUT2D eigenvalue weighted by molar-refractivity contribution is -0.141. The summed E-state index contributed by atoms with van der Waals surface area (Å²) in [5, 5.41) is 20.3. The molecule has 3 N–H and O–H groups in total. The van der Waals surface area contributed by atoms with Gasteiger partial charge in [0, 0.05) is 25.1 Å². The van der Waals surface area contributed by atoms with E-state index in [0.29, 0.717) is 6.07 Å². The molecule has 9 heteroatoms. The van der Waals surface area contributed by atoms with Crippen LogP contribution in [0.15, 0.2) is 12.1 Å². The number of aliphatic hydroxyl groups is 1. The summed E-state index contributed by atoms with van der Waals surface area (Å²) in [6.07, 6.45) is -1.19. The van der Waals surface area contributed by atoms with Crippen LogP contribution >= 0.6 is 0 Å². The molecule has 6 nitrogen and oxygen atoms in total. The van der Waals surface area contributed by atoms with Crippen molar-refractivity contribution in [1.82, 2.24) is 4.90 Å². The maximum atomic E-state index is 13.4. The minimum absolute atomic E-state index is 0.164. The molecule has 21 heavy (non-hydrogen) atoms. The molecular weight excluding hydrogens is 293 g/mol. The fourth-order valence-corrected chi connectivity index (χ4v) is 2.08. The van der Waals surface area contributed by atoms with Gasteiger partial charge in [0.1, 0.15) is 11.9 Å². The average Bonchev–Trinajstić information content (AvgIpc) is 2.78. The highest BCUT2D eigenvalue weighted by molar-refractivity contribution is 5.92. The highest BCUT2D eigenvalue weighted by Gasteiger charge is 2.39. The number of benzene rings is 1. The molecule has 0 aliphatic carbocycles. The highest BCUT2D eigenvalue weighted by atomic mass is 19.2. The molecule has 1 aliphatic rings. The van der Waals surface area contributed by atoms with E-state index in [2.05, 4.69) is 0 Å². The molecule has 0 bridgehead atoms. The molecular formula is C12H11F3N2O4. The van der Waals surface area contributed by atoms with Crippen molar-refractivity contribution in [2.45, 2.75) is 18.6 Å². The summed E-state index contributed by atoms with van der Waals surface area (Å²) in [5.74, 6) is -5.30. The summed E-state index contributed by atoms with van der Waals surface area (Å²) in [4.78, 5) is 23.6. The minimum Gasteiger partial charge on any atom is -0.480 e. The van der Waals surface area contributed by atoms with E-state index < -0.39 is 47.3 Å². The van der Waals surface area contributed by atoms with E-state index in [0.717, 1.165) is 4.90 Å². The third kappa shape index (κ3) is 3.07. The van der Waals surface area contributed by atoms with Gasteiger partial charge in [0.2, 0.25) is 0 Å². The lowest BCUT2D eigenvalue weighted by Gasteiger charge is -2.21. The number of carbonyl (C=O) groups is 2. The number of likely N-dealkylation sites (tertiary alicyclic amines) is 1. The fraction of sp³-hybridized carbons (Fsp3) is 0.333. The topological polar surface area (TPSA) is 89.9 Å². The second-order valence-corrected chi connectivity index (χ2v) is 4.57. The highest BCUT2D eigenvalue weighted by Crippen LogP contribution is 2.22. The number of hydrogen-bond acceptors (Lipinski definition) is 3. The summed E-state index contributed by atoms with van der Waals surface area (Å²) in [7, 11) is 0. The van der Waals surface area contributed by atoms with Gasteiger partial charge in [-0.25, -0.2) is 22.8 Å². The predicted octanol–water partition coefficient (Wildman–Crippen LogP) is 1.16. The van der Waals surface area contributed by atoms with Crippen molar-refractivity contribution in [3.05, 3.63) is 29.6 Å². The molecule has 0 aromatic heterocycles. The number of carbonyl (C=O) groups excluding carboxylic acids is 1. The molecule has 1 fully saturated rings. The quantitative estimate of drug-likeness (QED) is 0.715. The van der Waals surface area contributed by atoms with Crippen LogP contribution in [0.1, 0.15) is 6.42 Å². The van der Waals surface area contributed by atoms with Crippen LogP contribution in [-0.2, 0) is 4.79 Å². The van der Waals surface area contributed by atoms with Crippen LogP contribution in [0.25, 0.3) is 0 Å². The van der Waals surface area contributed by atoms with Crippen molar-refractivity contribution >= 4 is 17.7 Å². The number of anilines is 1. The number of nitrogens with one attached hydrogen (secondary N) is 1. The van der Waals surface area contributed by atoms with E-state index in [-0.39, 0.29) is 19.0 Å². The first-order valence-electron chi connectivity index (χ1n) is 5.92. The van der Waals surface area contributed by atoms with Crippen molar-refractivity contribution in [3.63, 3.8) is 0 Å². The number of halogens is 3. The maximum absolute atomic E-state index is 13.4. The normalized spacial score (nSPS) is 21.4. The Morgan fingerprint density at radius 2 is 1.81 bits per heavy atom. The molecule has 0 unspecified atom stereocenters. The Hall–Kier alpha value is -2.29. The van der Waals surface area contributed by atoms with Gasteiger partial charge in [-0.15, -0.1) is 0 Å². The number of carboxylic acid groups (broad SMARTS) is 1. The second-order valence-electron chi connectivity index (χ2n) is 4.57. The number of hydrogen-bond donors (Lipinski definition) is 3. The van der Waals surface area contributed by atoms with E-state index in [1.807, 2.05) is 5.32 Å². The number of aliphatic carboxylic acids is 1. The van der Waals surface area contributed by atoms with Gasteiger partial charge in [-0.05, 0) is 0 Å². The molecule has 0 spiro atoms. The van der Waals surface area contributed by atoms with Gasteiger partial charge in [-0.1, -0.05) is 0 Å². The zero-order valence-electron chi connectivity index (χ0n) is 10.5. The Morgan fingerprint density at radius 1 is 1.19 bits per heavy atom. The number of rotatable bonds is 2. The first kappa shape index (κ1) is 15.1. The summed E-state index contributed by atoms with van der Waals surface area (Å²) in [5.41, 5.74) is -0.621. The Labute approximate surface area is 116 Å². The number of amides is 2. The molecule has 0 radical (unpaired) electrons. The third-order valence-corrected chi connectivity index (χ3v) is 3.08. The minimum atomic E-state index is -1.41. The smallest absolute Gasteiger partial charge is 0.326 e. The van der Waals surface area contributed by atoms with Crippen LogP contribution in [0.4, 0.5) is 23.7 Å². The Kier molecular flexibility index (Phi) is 4.03. The first-order valence-corrected chi connectivity index (χ1v) is 5.92. The third-order valence-electron chi connectivity index (χ3n) is 3.08. The zero-order valence-corrected chi connectivity index (χ0v) is 10.5. The molecule has 1 saturated heterocycles. The van der Waals surface area contributed by atoms with Gasteiger partial charge < -0.3 is 20.4 Å². The Morgan fingerprint density at radius 3 is 2.43 bits per heavy atom. The summed E-state index contributed by atoms with van der Waals surface area (Å²) < 4.78 is 39.2. The Bertz CT molecular complexity index is 596. The molecule has 2 rings (SSSR count). The van der Waals surface area contributed by atoms with Crippen LogP contribution < -0.4 is 5.32 Å². The Balaban J connectivity index is 2.18. The average molecular weight is 304 g/mol. The maximum Gasteiger partial charge on any atom is 0.326 e. The molecule has 114 valence electrons. The van der Waals surface area contributed by atoms with E-state index in [4.69, 9.17) is 5.11 Å². The first-order chi connectivity index (χ1) is 9.79. The van der Waals surface area contributed by atoms with Crippen LogP contribution in [0, 0.1) is 17.5 Å². The molecule has 1 aromatic rings. The molecule has 1 aliphatic heterocycles. The van der Waals surface area contributed by atoms with Crippen molar-refractivity contribution in [3.8, 4) is 0 Å². The van der Waals surface area contributed by atoms with Gasteiger partial charge in [0.05, 0.1) is 11.8 Å². The number of urea groups is 1. The van der Waals surface area contributed by atoms with Gasteiger partial charge in [-0.2, -0.15) is 0 Å². The monoisotopic (exact) mass is 304 g/mol. The SMILES string of the molecule is O=C(O)[C@H]1C[C@@H](O)CN1C(=O)Nc1cc(F)c(F)cc1F. The van der Waals surface area contributed by atoms with Crippen molar-refractivity contribution < 1.29 is 33.0 Å². The lowest BCUT2D eigenvalue weighted by atomic mass is 10.2. The number of nitrogens with zero attached hydrogens (tertiary/aromatic N) is 1. The summed E-state index contributed by atoms with van der Waals surface area (Å²) in [6, 6.07) is -1.58. The molecule has 1 heterocycles. The predicted molar refractivity (Wildman–Crippen MR) is 64.1 cm³/mol. The van der Waals surface area contributed by atoms with E-state index in [9.17, 15) is 27.9 Å². The lowest BCUT2D eigenvalue weighted by Crippen LogP contribution is -2.43. The molecule has 1 aromatic carbocycles. The fourth-order valence-electron chi connectivity index (χ4n) is 2.08. The van der Waals surface area contributed by atoms with Gasteiger partial charge in [0.25, 0.3) is 0 Å². The van der Waals surface area contributed by atoms with Crippen molar-refractivity contribution in [2.75, 3.05) is 11.9 Å². The molecule has 0 saturated carbocycles. The van der Waals surface area contributed by atoms with Crippen molar-refractivity contribution in [2.24, 2.45) is 0 Å². The molecule has 2 amide bonds. The number of carboxylic acids is 1. The van der Waals surface area contributed by atoms with Crippen LogP contribution in [0.2, 0.25) is 0 Å². The second kappa shape index (κ2) is 5.60. The summed E-state index contributed by atoms with van der Waals surface area (Å²) in [6.45, 7) is -0.256. The molecule has 2 atom stereocenters. The van der Waals surface area contributed by atoms with E-state index in [1.165, 1.54) is 0 Å². The largest absolute Gasteiger partial charge is 0.480 e.